The quantitative estimate of drug-likeness (QED) is 0.280. The first-order valence-corrected chi connectivity index (χ1v) is 8.73. The Bertz CT molecular complexity index is 974. The zero-order valence-corrected chi connectivity index (χ0v) is 15.1. The lowest BCUT2D eigenvalue weighted by Crippen LogP contribution is -2.07. The SMILES string of the molecule is N#Cc1ccc(Oc2ccc(CO[C@@H](CN=[N+]=[N-])c3ccccc3)cc2)cc1. The summed E-state index contributed by atoms with van der Waals surface area (Å²) in [5, 5.41) is 12.5. The maximum absolute atomic E-state index is 8.83. The maximum atomic E-state index is 8.83. The van der Waals surface area contributed by atoms with E-state index in [4.69, 9.17) is 20.3 Å². The molecule has 138 valence electrons. The van der Waals surface area contributed by atoms with Gasteiger partial charge in [0.15, 0.2) is 0 Å². The second kappa shape index (κ2) is 9.79. The van der Waals surface area contributed by atoms with E-state index in [0.717, 1.165) is 11.1 Å². The van der Waals surface area contributed by atoms with Gasteiger partial charge in [-0.15, -0.1) is 0 Å². The van der Waals surface area contributed by atoms with Gasteiger partial charge in [0.25, 0.3) is 0 Å². The summed E-state index contributed by atoms with van der Waals surface area (Å²) < 4.78 is 11.7. The Balaban J connectivity index is 1.61. The van der Waals surface area contributed by atoms with Crippen molar-refractivity contribution in [2.75, 3.05) is 6.54 Å². The number of benzene rings is 3. The van der Waals surface area contributed by atoms with E-state index in [9.17, 15) is 0 Å². The van der Waals surface area contributed by atoms with Crippen molar-refractivity contribution in [1.82, 2.24) is 0 Å². The van der Waals surface area contributed by atoms with Gasteiger partial charge in [-0.3, -0.25) is 0 Å². The van der Waals surface area contributed by atoms with Gasteiger partial charge < -0.3 is 9.47 Å². The molecule has 0 aromatic heterocycles. The fourth-order valence-corrected chi connectivity index (χ4v) is 2.62. The highest BCUT2D eigenvalue weighted by atomic mass is 16.5. The average molecular weight is 370 g/mol. The van der Waals surface area contributed by atoms with E-state index in [2.05, 4.69) is 16.1 Å². The van der Waals surface area contributed by atoms with Crippen LogP contribution in [-0.4, -0.2) is 6.54 Å². The summed E-state index contributed by atoms with van der Waals surface area (Å²) in [6, 6.07) is 26.3. The Morgan fingerprint density at radius 3 is 2.18 bits per heavy atom. The van der Waals surface area contributed by atoms with E-state index in [-0.39, 0.29) is 12.6 Å². The number of nitrogens with zero attached hydrogens (tertiary/aromatic N) is 4. The molecule has 6 heteroatoms. The molecular weight excluding hydrogens is 352 g/mol. The molecule has 0 aliphatic rings. The fourth-order valence-electron chi connectivity index (χ4n) is 2.62. The standard InChI is InChI=1S/C22H18N4O2/c23-14-17-6-10-20(11-7-17)28-21-12-8-18(9-13-21)16-27-22(15-25-26-24)19-4-2-1-3-5-19/h1-13,22H,15-16H2/t22-/m0/s1. The summed E-state index contributed by atoms with van der Waals surface area (Å²) in [5.74, 6) is 1.36. The van der Waals surface area contributed by atoms with Crippen LogP contribution < -0.4 is 4.74 Å². The van der Waals surface area contributed by atoms with E-state index in [1.807, 2.05) is 54.6 Å². The molecule has 0 spiro atoms. The minimum Gasteiger partial charge on any atom is -0.457 e. The van der Waals surface area contributed by atoms with Crippen molar-refractivity contribution in [3.8, 4) is 17.6 Å². The number of nitriles is 1. The maximum Gasteiger partial charge on any atom is 0.127 e. The molecule has 0 unspecified atom stereocenters. The van der Waals surface area contributed by atoms with Gasteiger partial charge in [0, 0.05) is 4.91 Å². The second-order valence-corrected chi connectivity index (χ2v) is 6.01. The Morgan fingerprint density at radius 2 is 1.57 bits per heavy atom. The van der Waals surface area contributed by atoms with Crippen molar-refractivity contribution in [3.63, 3.8) is 0 Å². The molecule has 0 amide bonds. The lowest BCUT2D eigenvalue weighted by atomic mass is 10.1. The van der Waals surface area contributed by atoms with E-state index in [1.54, 1.807) is 24.3 Å². The molecule has 0 aliphatic heterocycles. The summed E-state index contributed by atoms with van der Waals surface area (Å²) in [5.41, 5.74) is 11.1. The molecule has 3 aromatic carbocycles. The van der Waals surface area contributed by atoms with Gasteiger partial charge in [0.1, 0.15) is 11.5 Å². The molecule has 3 rings (SSSR count). The Kier molecular flexibility index (Phi) is 6.64. The summed E-state index contributed by atoms with van der Waals surface area (Å²) in [6.07, 6.45) is -0.299. The van der Waals surface area contributed by atoms with Gasteiger partial charge in [0.2, 0.25) is 0 Å². The number of hydrogen-bond donors (Lipinski definition) is 0. The van der Waals surface area contributed by atoms with Crippen molar-refractivity contribution >= 4 is 0 Å². The molecule has 0 fully saturated rings. The predicted octanol–water partition coefficient (Wildman–Crippen LogP) is 5.92. The number of ether oxygens (including phenoxy) is 2. The summed E-state index contributed by atoms with van der Waals surface area (Å²) in [4.78, 5) is 2.83. The van der Waals surface area contributed by atoms with E-state index < -0.39 is 0 Å². The van der Waals surface area contributed by atoms with Crippen LogP contribution in [0.15, 0.2) is 84.0 Å². The predicted molar refractivity (Wildman–Crippen MR) is 106 cm³/mol. The highest BCUT2D eigenvalue weighted by Gasteiger charge is 2.11. The van der Waals surface area contributed by atoms with Crippen LogP contribution in [0.25, 0.3) is 10.4 Å². The summed E-state index contributed by atoms with van der Waals surface area (Å²) in [7, 11) is 0. The van der Waals surface area contributed by atoms with Gasteiger partial charge in [-0.1, -0.05) is 47.6 Å². The highest BCUT2D eigenvalue weighted by molar-refractivity contribution is 5.37. The molecule has 0 bridgehead atoms. The van der Waals surface area contributed by atoms with Crippen LogP contribution in [0.2, 0.25) is 0 Å². The molecule has 28 heavy (non-hydrogen) atoms. The summed E-state index contributed by atoms with van der Waals surface area (Å²) >= 11 is 0. The van der Waals surface area contributed by atoms with Crippen molar-refractivity contribution in [2.45, 2.75) is 12.7 Å². The monoisotopic (exact) mass is 370 g/mol. The van der Waals surface area contributed by atoms with Gasteiger partial charge in [-0.25, -0.2) is 0 Å². The van der Waals surface area contributed by atoms with Crippen molar-refractivity contribution in [2.24, 2.45) is 5.11 Å². The molecule has 0 aliphatic carbocycles. The molecule has 0 heterocycles. The number of rotatable bonds is 8. The Morgan fingerprint density at radius 1 is 0.929 bits per heavy atom. The van der Waals surface area contributed by atoms with E-state index in [0.29, 0.717) is 23.7 Å². The van der Waals surface area contributed by atoms with Crippen molar-refractivity contribution in [3.05, 3.63) is 106 Å². The lowest BCUT2D eigenvalue weighted by Gasteiger charge is -2.16. The van der Waals surface area contributed by atoms with Gasteiger partial charge in [0.05, 0.1) is 30.9 Å². The fraction of sp³-hybridized carbons (Fsp3) is 0.136. The lowest BCUT2D eigenvalue weighted by molar-refractivity contribution is 0.0457. The Hall–Kier alpha value is -3.78. The smallest absolute Gasteiger partial charge is 0.127 e. The zero-order valence-electron chi connectivity index (χ0n) is 15.1. The van der Waals surface area contributed by atoms with Gasteiger partial charge in [-0.2, -0.15) is 5.26 Å². The van der Waals surface area contributed by atoms with Crippen molar-refractivity contribution in [1.29, 1.82) is 5.26 Å². The molecule has 0 N–H and O–H groups in total. The molecule has 0 saturated heterocycles. The number of hydrogen-bond acceptors (Lipinski definition) is 4. The first-order chi connectivity index (χ1) is 13.8. The summed E-state index contributed by atoms with van der Waals surface area (Å²) in [6.45, 7) is 0.623. The minimum absolute atomic E-state index is 0.237. The zero-order chi connectivity index (χ0) is 19.6. The normalized spacial score (nSPS) is 11.1. The third kappa shape index (κ3) is 5.36. The van der Waals surface area contributed by atoms with Crippen LogP contribution in [0.5, 0.6) is 11.5 Å². The topological polar surface area (TPSA) is 91.0 Å². The van der Waals surface area contributed by atoms with Crippen LogP contribution >= 0.6 is 0 Å². The third-order valence-electron chi connectivity index (χ3n) is 4.08. The third-order valence-corrected chi connectivity index (χ3v) is 4.08. The molecule has 1 atom stereocenters. The first-order valence-electron chi connectivity index (χ1n) is 8.73. The minimum atomic E-state index is -0.299. The van der Waals surface area contributed by atoms with Crippen LogP contribution in [0.4, 0.5) is 0 Å². The second-order valence-electron chi connectivity index (χ2n) is 6.01. The van der Waals surface area contributed by atoms with E-state index >= 15 is 0 Å². The molecule has 6 nitrogen and oxygen atoms in total. The van der Waals surface area contributed by atoms with E-state index in [1.165, 1.54) is 0 Å². The van der Waals surface area contributed by atoms with Crippen molar-refractivity contribution < 1.29 is 9.47 Å². The molecule has 0 radical (unpaired) electrons. The van der Waals surface area contributed by atoms with Crippen LogP contribution in [0.3, 0.4) is 0 Å². The van der Waals surface area contributed by atoms with Gasteiger partial charge >= 0.3 is 0 Å². The molecule has 0 saturated carbocycles. The number of azide groups is 1. The average Bonchev–Trinajstić information content (AvgIpc) is 2.76. The van der Waals surface area contributed by atoms with Gasteiger partial charge in [-0.05, 0) is 53.1 Å². The van der Waals surface area contributed by atoms with Crippen LogP contribution in [-0.2, 0) is 11.3 Å². The first kappa shape index (κ1) is 19.0. The van der Waals surface area contributed by atoms with Crippen LogP contribution in [0.1, 0.15) is 22.8 Å². The molecule has 3 aromatic rings. The largest absolute Gasteiger partial charge is 0.457 e. The highest BCUT2D eigenvalue weighted by Crippen LogP contribution is 2.24. The Labute approximate surface area is 163 Å². The molecular formula is C22H18N4O2. The van der Waals surface area contributed by atoms with Crippen LogP contribution in [0, 0.1) is 11.3 Å².